The summed E-state index contributed by atoms with van der Waals surface area (Å²) < 4.78 is 32.5. The first-order chi connectivity index (χ1) is 19.6. The minimum absolute atomic E-state index is 0.00763. The molecule has 1 atom stereocenters. The van der Waals surface area contributed by atoms with Gasteiger partial charge in [-0.1, -0.05) is 24.3 Å². The zero-order valence-corrected chi connectivity index (χ0v) is 22.7. The molecule has 3 aromatic rings. The summed E-state index contributed by atoms with van der Waals surface area (Å²) >= 11 is 0. The van der Waals surface area contributed by atoms with E-state index in [4.69, 9.17) is 22.3 Å². The monoisotopic (exact) mass is 561 g/mol. The van der Waals surface area contributed by atoms with E-state index in [2.05, 4.69) is 10.2 Å². The fourth-order valence-corrected chi connectivity index (χ4v) is 5.23. The highest BCUT2D eigenvalue weighted by atomic mass is 19.1. The van der Waals surface area contributed by atoms with Crippen LogP contribution in [0, 0.1) is 22.5 Å². The van der Waals surface area contributed by atoms with Crippen LogP contribution in [0.25, 0.3) is 33.9 Å². The number of hydrogen-bond acceptors (Lipinski definition) is 5. The average molecular weight is 562 g/mol. The van der Waals surface area contributed by atoms with Crippen molar-refractivity contribution in [2.24, 2.45) is 11.5 Å². The van der Waals surface area contributed by atoms with Gasteiger partial charge in [-0.05, 0) is 66.3 Å². The van der Waals surface area contributed by atoms with Crippen LogP contribution in [0.2, 0.25) is 0 Å². The molecule has 3 heterocycles. The number of guanidine groups is 2. The molecule has 0 saturated carbocycles. The molecule has 0 spiro atoms. The lowest BCUT2D eigenvalue weighted by atomic mass is 9.97. The van der Waals surface area contributed by atoms with Crippen molar-refractivity contribution in [1.82, 2.24) is 24.6 Å². The fraction of sp³-hybridized carbons (Fsp3) is 0.310. The van der Waals surface area contributed by atoms with Crippen LogP contribution in [0.15, 0.2) is 48.6 Å². The molecule has 0 bridgehead atoms. The molecule has 2 aliphatic heterocycles. The Labute approximate surface area is 236 Å². The molecule has 0 fully saturated rings. The number of benzene rings is 2. The van der Waals surface area contributed by atoms with E-state index in [-0.39, 0.29) is 41.2 Å². The number of aromatic nitrogens is 3. The van der Waals surface area contributed by atoms with Gasteiger partial charge in [0.25, 0.3) is 0 Å². The van der Waals surface area contributed by atoms with Gasteiger partial charge in [0.15, 0.2) is 23.6 Å². The summed E-state index contributed by atoms with van der Waals surface area (Å²) in [4.78, 5) is 3.46. The first-order valence-electron chi connectivity index (χ1n) is 13.4. The maximum absolute atomic E-state index is 15.5. The molecule has 10 nitrogen and oxygen atoms in total. The number of nitrogens with two attached hydrogens (primary N) is 2. The van der Waals surface area contributed by atoms with Gasteiger partial charge in [-0.2, -0.15) is 0 Å². The van der Waals surface area contributed by atoms with Crippen LogP contribution in [0.4, 0.5) is 8.78 Å². The molecule has 0 saturated heterocycles. The van der Waals surface area contributed by atoms with Crippen LogP contribution in [-0.2, 0) is 6.54 Å². The number of aliphatic hydroxyl groups is 1. The van der Waals surface area contributed by atoms with Crippen LogP contribution in [0.1, 0.15) is 30.9 Å². The van der Waals surface area contributed by atoms with E-state index in [0.717, 1.165) is 22.3 Å². The normalized spacial score (nSPS) is 16.3. The van der Waals surface area contributed by atoms with Gasteiger partial charge in [0.05, 0.1) is 23.8 Å². The van der Waals surface area contributed by atoms with Gasteiger partial charge in [0.1, 0.15) is 11.6 Å². The lowest BCUT2D eigenvalue weighted by molar-refractivity contribution is 0.174. The van der Waals surface area contributed by atoms with E-state index in [9.17, 15) is 5.11 Å². The van der Waals surface area contributed by atoms with Gasteiger partial charge in [0.2, 0.25) is 0 Å². The first-order valence-corrected chi connectivity index (χ1v) is 13.4. The third kappa shape index (κ3) is 5.82. The maximum Gasteiger partial charge on any atom is 0.188 e. The Morgan fingerprint density at radius 2 is 1.29 bits per heavy atom. The predicted molar refractivity (Wildman–Crippen MR) is 155 cm³/mol. The topological polar surface area (TPSA) is 157 Å². The summed E-state index contributed by atoms with van der Waals surface area (Å²) in [6, 6.07) is 9.71. The number of hydrogen-bond donors (Lipinski definition) is 5. The second-order valence-electron chi connectivity index (χ2n) is 10.3. The predicted octanol–water partition coefficient (Wildman–Crippen LogP) is 3.24. The van der Waals surface area contributed by atoms with Crippen molar-refractivity contribution in [2.45, 2.75) is 32.4 Å². The van der Waals surface area contributed by atoms with Crippen molar-refractivity contribution in [3.8, 4) is 22.8 Å². The molecule has 1 unspecified atom stereocenters. The van der Waals surface area contributed by atoms with Crippen LogP contribution in [0.5, 0.6) is 0 Å². The van der Waals surface area contributed by atoms with Gasteiger partial charge in [-0.25, -0.2) is 8.78 Å². The van der Waals surface area contributed by atoms with E-state index >= 15 is 8.78 Å². The molecule has 0 amide bonds. The molecule has 41 heavy (non-hydrogen) atoms. The van der Waals surface area contributed by atoms with Crippen molar-refractivity contribution < 1.29 is 13.9 Å². The maximum atomic E-state index is 15.5. The van der Waals surface area contributed by atoms with E-state index < -0.39 is 17.7 Å². The number of aliphatic hydroxyl groups excluding tert-OH is 1. The Bertz CT molecular complexity index is 1450. The van der Waals surface area contributed by atoms with Crippen LogP contribution < -0.4 is 11.5 Å². The average Bonchev–Trinajstić information content (AvgIpc) is 3.35. The van der Waals surface area contributed by atoms with E-state index in [0.29, 0.717) is 39.0 Å². The molecule has 2 aromatic carbocycles. The standard InChI is InChI=1S/C29H33F2N9O/c1-17(41)16-40-26(22-4-2-20(14-24(22)30)18-6-10-38(11-7-18)28(32)33)36-37-27(40)23-5-3-21(15-25(23)31)19-8-12-39(13-9-19)29(34)35/h2-6,8,14-15,17,41H,7,9-13,16H2,1H3,(H3,32,33)(H3,34,35). The summed E-state index contributed by atoms with van der Waals surface area (Å²) in [6.45, 7) is 3.76. The highest BCUT2D eigenvalue weighted by molar-refractivity contribution is 5.78. The number of nitrogens with one attached hydrogen (secondary N) is 2. The Kier molecular flexibility index (Phi) is 7.84. The number of rotatable bonds is 6. The molecule has 2 aliphatic rings. The quantitative estimate of drug-likeness (QED) is 0.228. The zero-order valence-electron chi connectivity index (χ0n) is 22.7. The van der Waals surface area contributed by atoms with Crippen LogP contribution in [0.3, 0.4) is 0 Å². The molecule has 5 rings (SSSR count). The van der Waals surface area contributed by atoms with Crippen molar-refractivity contribution in [2.75, 3.05) is 26.2 Å². The zero-order chi connectivity index (χ0) is 29.3. The van der Waals surface area contributed by atoms with Crippen molar-refractivity contribution in [1.29, 1.82) is 10.8 Å². The summed E-state index contributed by atoms with van der Waals surface area (Å²) in [6.07, 6.45) is 4.30. The Morgan fingerprint density at radius 3 is 1.61 bits per heavy atom. The Balaban J connectivity index is 1.45. The largest absolute Gasteiger partial charge is 0.392 e. The van der Waals surface area contributed by atoms with Crippen molar-refractivity contribution >= 4 is 23.1 Å². The third-order valence-electron chi connectivity index (χ3n) is 7.46. The van der Waals surface area contributed by atoms with Gasteiger partial charge >= 0.3 is 0 Å². The van der Waals surface area contributed by atoms with Crippen LogP contribution in [-0.4, -0.2) is 73.9 Å². The molecule has 1 aromatic heterocycles. The molecule has 214 valence electrons. The highest BCUT2D eigenvalue weighted by Gasteiger charge is 2.23. The SMILES string of the molecule is CC(O)Cn1c(-c2ccc(C3=CCN(C(=N)N)CC3)cc2F)nnc1-c1ccc(C2=CCN(C(=N)N)CC2)cc1F. The molecule has 0 radical (unpaired) electrons. The molecule has 7 N–H and O–H groups in total. The molecule has 12 heteroatoms. The second-order valence-corrected chi connectivity index (χ2v) is 10.3. The number of halogens is 2. The molecular formula is C29H33F2N9O. The second kappa shape index (κ2) is 11.5. The van der Waals surface area contributed by atoms with E-state index in [1.54, 1.807) is 41.0 Å². The van der Waals surface area contributed by atoms with Crippen molar-refractivity contribution in [3.05, 3.63) is 71.3 Å². The van der Waals surface area contributed by atoms with Gasteiger partial charge in [-0.15, -0.1) is 10.2 Å². The smallest absolute Gasteiger partial charge is 0.188 e. The van der Waals surface area contributed by atoms with E-state index in [1.165, 1.54) is 16.7 Å². The van der Waals surface area contributed by atoms with Gasteiger partial charge < -0.3 is 30.9 Å². The minimum atomic E-state index is -0.818. The lowest BCUT2D eigenvalue weighted by Gasteiger charge is -2.26. The van der Waals surface area contributed by atoms with Crippen molar-refractivity contribution in [3.63, 3.8) is 0 Å². The third-order valence-corrected chi connectivity index (χ3v) is 7.46. The van der Waals surface area contributed by atoms with Gasteiger partial charge in [0, 0.05) is 26.2 Å². The summed E-state index contributed by atoms with van der Waals surface area (Å²) in [7, 11) is 0. The molecule has 0 aliphatic carbocycles. The van der Waals surface area contributed by atoms with E-state index in [1.807, 2.05) is 12.2 Å². The summed E-state index contributed by atoms with van der Waals surface area (Å²) in [5, 5.41) is 33.8. The summed E-state index contributed by atoms with van der Waals surface area (Å²) in [5.41, 5.74) is 14.9. The highest BCUT2D eigenvalue weighted by Crippen LogP contribution is 2.32. The number of nitrogens with zero attached hydrogens (tertiary/aromatic N) is 5. The fourth-order valence-electron chi connectivity index (χ4n) is 5.23. The molecular weight excluding hydrogens is 528 g/mol. The Hall–Kier alpha value is -4.58. The minimum Gasteiger partial charge on any atom is -0.392 e. The summed E-state index contributed by atoms with van der Waals surface area (Å²) in [5.74, 6) is -0.631. The first kappa shape index (κ1) is 28.0. The lowest BCUT2D eigenvalue weighted by Crippen LogP contribution is -2.39. The van der Waals surface area contributed by atoms with Crippen LogP contribution >= 0.6 is 0 Å². The van der Waals surface area contributed by atoms with Gasteiger partial charge in [-0.3, -0.25) is 10.8 Å². The Morgan fingerprint density at radius 1 is 0.854 bits per heavy atom.